The maximum atomic E-state index is 8.88. The molecule has 16 heavy (non-hydrogen) atoms. The summed E-state index contributed by atoms with van der Waals surface area (Å²) in [5.41, 5.74) is 1.32. The van der Waals surface area contributed by atoms with Gasteiger partial charge >= 0.3 is 7.82 Å². The Hall–Kier alpha value is -0.870. The zero-order valence-electron chi connectivity index (χ0n) is 9.45. The van der Waals surface area contributed by atoms with E-state index in [9.17, 15) is 0 Å². The van der Waals surface area contributed by atoms with E-state index in [0.29, 0.717) is 0 Å². The van der Waals surface area contributed by atoms with Crippen molar-refractivity contribution < 1.29 is 19.2 Å². The third-order valence-electron chi connectivity index (χ3n) is 1.88. The summed E-state index contributed by atoms with van der Waals surface area (Å²) >= 11 is 0. The molecular weight excluding hydrogens is 229 g/mol. The predicted molar refractivity (Wildman–Crippen MR) is 64.3 cm³/mol. The summed E-state index contributed by atoms with van der Waals surface area (Å²) in [6.45, 7) is 6.52. The normalized spacial score (nSPS) is 10.3. The molecule has 92 valence electrons. The molecule has 0 spiro atoms. The fraction of sp³-hybridized carbons (Fsp3) is 0.400. The first kappa shape index (κ1) is 15.1. The number of phosphoric acid groups is 1. The van der Waals surface area contributed by atoms with Crippen molar-refractivity contribution in [2.75, 3.05) is 18.0 Å². The lowest BCUT2D eigenvalue weighted by Gasteiger charge is -2.20. The molecule has 0 unspecified atom stereocenters. The van der Waals surface area contributed by atoms with Gasteiger partial charge in [0.15, 0.2) is 0 Å². The third kappa shape index (κ3) is 8.44. The summed E-state index contributed by atoms with van der Waals surface area (Å²) in [6.07, 6.45) is 0. The summed E-state index contributed by atoms with van der Waals surface area (Å²) in [7, 11) is -4.64. The number of rotatable bonds is 3. The van der Waals surface area contributed by atoms with Crippen LogP contribution < -0.4 is 4.90 Å². The molecule has 1 rings (SSSR count). The van der Waals surface area contributed by atoms with Gasteiger partial charge < -0.3 is 19.6 Å². The quantitative estimate of drug-likeness (QED) is 0.707. The molecule has 0 saturated heterocycles. The van der Waals surface area contributed by atoms with E-state index >= 15 is 0 Å². The van der Waals surface area contributed by atoms with Gasteiger partial charge in [0.2, 0.25) is 0 Å². The Morgan fingerprint density at radius 1 is 1.06 bits per heavy atom. The van der Waals surface area contributed by atoms with Crippen molar-refractivity contribution in [3.8, 4) is 0 Å². The zero-order valence-corrected chi connectivity index (χ0v) is 10.3. The van der Waals surface area contributed by atoms with Crippen molar-refractivity contribution in [2.24, 2.45) is 0 Å². The van der Waals surface area contributed by atoms with Gasteiger partial charge in [-0.15, -0.1) is 0 Å². The molecule has 3 N–H and O–H groups in total. The number of hydrogen-bond donors (Lipinski definition) is 3. The van der Waals surface area contributed by atoms with Crippen LogP contribution in [0.25, 0.3) is 0 Å². The van der Waals surface area contributed by atoms with E-state index in [2.05, 4.69) is 43.0 Å². The van der Waals surface area contributed by atoms with Crippen LogP contribution in [0.3, 0.4) is 0 Å². The van der Waals surface area contributed by atoms with E-state index in [1.165, 1.54) is 5.69 Å². The lowest BCUT2D eigenvalue weighted by molar-refractivity contribution is 0.275. The molecule has 1 aromatic carbocycles. The van der Waals surface area contributed by atoms with Gasteiger partial charge in [-0.2, -0.15) is 0 Å². The number of hydrogen-bond acceptors (Lipinski definition) is 2. The lowest BCUT2D eigenvalue weighted by Crippen LogP contribution is -2.21. The van der Waals surface area contributed by atoms with Crippen LogP contribution in [0.2, 0.25) is 0 Å². The number of nitrogens with zero attached hydrogens (tertiary/aromatic N) is 1. The van der Waals surface area contributed by atoms with Crippen molar-refractivity contribution in [3.05, 3.63) is 30.3 Å². The van der Waals surface area contributed by atoms with Crippen LogP contribution in [0.4, 0.5) is 5.69 Å². The van der Waals surface area contributed by atoms with Crippen molar-refractivity contribution in [3.63, 3.8) is 0 Å². The first-order chi connectivity index (χ1) is 7.38. The average Bonchev–Trinajstić information content (AvgIpc) is 2.19. The van der Waals surface area contributed by atoms with Crippen molar-refractivity contribution >= 4 is 13.5 Å². The number of anilines is 1. The molecule has 0 heterocycles. The number of benzene rings is 1. The van der Waals surface area contributed by atoms with E-state index in [-0.39, 0.29) is 0 Å². The maximum absolute atomic E-state index is 8.88. The Morgan fingerprint density at radius 3 is 1.75 bits per heavy atom. The molecule has 6 heteroatoms. The SMILES string of the molecule is CCN(CC)c1ccccc1.O=P(O)(O)O. The van der Waals surface area contributed by atoms with E-state index in [4.69, 9.17) is 19.2 Å². The van der Waals surface area contributed by atoms with E-state index in [0.717, 1.165) is 13.1 Å². The van der Waals surface area contributed by atoms with Gasteiger partial charge in [0.05, 0.1) is 0 Å². The van der Waals surface area contributed by atoms with Crippen molar-refractivity contribution in [1.29, 1.82) is 0 Å². The molecule has 0 fully saturated rings. The van der Waals surface area contributed by atoms with Gasteiger partial charge in [0.1, 0.15) is 0 Å². The standard InChI is InChI=1S/C10H15N.H3O4P/c1-3-11(4-2)10-8-6-5-7-9-10;1-5(2,3)4/h5-9H,3-4H2,1-2H3;(H3,1,2,3,4). The monoisotopic (exact) mass is 247 g/mol. The minimum absolute atomic E-state index is 1.08. The Bertz CT molecular complexity index is 313. The zero-order chi connectivity index (χ0) is 12.6. The van der Waals surface area contributed by atoms with Gasteiger partial charge in [-0.3, -0.25) is 0 Å². The summed E-state index contributed by atoms with van der Waals surface area (Å²) in [5.74, 6) is 0. The van der Waals surface area contributed by atoms with Crippen LogP contribution >= 0.6 is 7.82 Å². The molecule has 1 aromatic rings. The highest BCUT2D eigenvalue weighted by molar-refractivity contribution is 7.45. The topological polar surface area (TPSA) is 81.0 Å². The second-order valence-electron chi connectivity index (χ2n) is 3.02. The van der Waals surface area contributed by atoms with Crippen LogP contribution in [0, 0.1) is 0 Å². The second kappa shape index (κ2) is 7.41. The molecule has 0 aliphatic heterocycles. The van der Waals surface area contributed by atoms with Gasteiger partial charge in [0.25, 0.3) is 0 Å². The molecule has 0 saturated carbocycles. The van der Waals surface area contributed by atoms with Gasteiger partial charge in [-0.25, -0.2) is 4.57 Å². The van der Waals surface area contributed by atoms with Crippen molar-refractivity contribution in [2.45, 2.75) is 13.8 Å². The van der Waals surface area contributed by atoms with Crippen molar-refractivity contribution in [1.82, 2.24) is 0 Å². The molecule has 0 aromatic heterocycles. The van der Waals surface area contributed by atoms with E-state index in [1.807, 2.05) is 6.07 Å². The minimum atomic E-state index is -4.64. The highest BCUT2D eigenvalue weighted by atomic mass is 31.2. The van der Waals surface area contributed by atoms with Gasteiger partial charge in [-0.1, -0.05) is 18.2 Å². The van der Waals surface area contributed by atoms with Gasteiger partial charge in [0, 0.05) is 18.8 Å². The first-order valence-electron chi connectivity index (χ1n) is 4.96. The van der Waals surface area contributed by atoms with Crippen LogP contribution in [0.1, 0.15) is 13.8 Å². The van der Waals surface area contributed by atoms with Gasteiger partial charge in [-0.05, 0) is 26.0 Å². The van der Waals surface area contributed by atoms with E-state index in [1.54, 1.807) is 0 Å². The summed E-state index contributed by atoms with van der Waals surface area (Å²) in [4.78, 5) is 23.9. The highest BCUT2D eigenvalue weighted by Crippen LogP contribution is 2.25. The van der Waals surface area contributed by atoms with Crippen LogP contribution in [0.5, 0.6) is 0 Å². The first-order valence-corrected chi connectivity index (χ1v) is 6.53. The fourth-order valence-corrected chi connectivity index (χ4v) is 1.23. The molecule has 0 radical (unpaired) electrons. The van der Waals surface area contributed by atoms with Crippen LogP contribution in [-0.2, 0) is 4.57 Å². The fourth-order valence-electron chi connectivity index (χ4n) is 1.23. The average molecular weight is 247 g/mol. The maximum Gasteiger partial charge on any atom is 0.466 e. The van der Waals surface area contributed by atoms with E-state index < -0.39 is 7.82 Å². The molecule has 5 nitrogen and oxygen atoms in total. The Kier molecular flexibility index (Phi) is 7.01. The summed E-state index contributed by atoms with van der Waals surface area (Å²) in [6, 6.07) is 10.5. The largest absolute Gasteiger partial charge is 0.466 e. The van der Waals surface area contributed by atoms with Crippen LogP contribution in [0.15, 0.2) is 30.3 Å². The van der Waals surface area contributed by atoms with Crippen LogP contribution in [-0.4, -0.2) is 27.8 Å². The predicted octanol–water partition coefficient (Wildman–Crippen LogP) is 1.60. The molecule has 0 atom stereocenters. The summed E-state index contributed by atoms with van der Waals surface area (Å²) in [5, 5.41) is 0. The third-order valence-corrected chi connectivity index (χ3v) is 1.88. The second-order valence-corrected chi connectivity index (χ2v) is 4.05. The molecule has 0 aliphatic rings. The Morgan fingerprint density at radius 2 is 1.44 bits per heavy atom. The molecule has 0 bridgehead atoms. The smallest absolute Gasteiger partial charge is 0.372 e. The minimum Gasteiger partial charge on any atom is -0.372 e. The molecular formula is C10H18NO4P. The highest BCUT2D eigenvalue weighted by Gasteiger charge is 2.00. The lowest BCUT2D eigenvalue weighted by atomic mass is 10.3. The Balaban J connectivity index is 0.000000385. The Labute approximate surface area is 95.6 Å². The number of para-hydroxylation sites is 1. The molecule has 0 aliphatic carbocycles. The summed E-state index contributed by atoms with van der Waals surface area (Å²) < 4.78 is 8.88. The molecule has 0 amide bonds.